The van der Waals surface area contributed by atoms with E-state index in [1.54, 1.807) is 24.6 Å². The van der Waals surface area contributed by atoms with Gasteiger partial charge in [-0.2, -0.15) is 0 Å². The molecule has 14 nitrogen and oxygen atoms in total. The van der Waals surface area contributed by atoms with E-state index in [0.717, 1.165) is 5.56 Å². The molecule has 0 saturated carbocycles. The van der Waals surface area contributed by atoms with E-state index in [-0.39, 0.29) is 35.4 Å². The average molecular weight is 777 g/mol. The second-order valence-electron chi connectivity index (χ2n) is 14.6. The molecule has 16 heteroatoms. The Labute approximate surface area is 323 Å². The van der Waals surface area contributed by atoms with Crippen LogP contribution < -0.4 is 21.3 Å². The van der Waals surface area contributed by atoms with E-state index in [1.165, 1.54) is 22.7 Å². The fraction of sp³-hybridized carbons (Fsp3) is 0.526. The third-order valence-corrected chi connectivity index (χ3v) is 11.8. The number of thiazole rings is 2. The first-order valence-corrected chi connectivity index (χ1v) is 20.2. The topological polar surface area (TPSA) is 185 Å². The third kappa shape index (κ3) is 8.81. The van der Waals surface area contributed by atoms with Crippen molar-refractivity contribution in [2.75, 3.05) is 0 Å². The molecule has 3 aliphatic rings. The minimum absolute atomic E-state index is 0.0873. The summed E-state index contributed by atoms with van der Waals surface area (Å²) in [5, 5.41) is 16.8. The molecule has 8 bridgehead atoms. The lowest BCUT2D eigenvalue weighted by Gasteiger charge is -2.26. The lowest BCUT2D eigenvalue weighted by molar-refractivity contribution is -0.131. The Morgan fingerprint density at radius 1 is 0.704 bits per heavy atom. The second-order valence-corrected chi connectivity index (χ2v) is 16.4. The summed E-state index contributed by atoms with van der Waals surface area (Å²) >= 11 is 2.66. The summed E-state index contributed by atoms with van der Waals surface area (Å²) in [5.74, 6) is -1.24. The number of carbonyl (C=O) groups is 4. The first kappa shape index (κ1) is 39.0. The Kier molecular flexibility index (Phi) is 12.1. The highest BCUT2D eigenvalue weighted by Crippen LogP contribution is 2.28. The molecule has 54 heavy (non-hydrogen) atoms. The minimum atomic E-state index is -0.910. The van der Waals surface area contributed by atoms with Gasteiger partial charge in [0.1, 0.15) is 45.7 Å². The second kappa shape index (κ2) is 16.8. The van der Waals surface area contributed by atoms with E-state index < -0.39 is 60.3 Å². The van der Waals surface area contributed by atoms with Crippen molar-refractivity contribution in [3.63, 3.8) is 0 Å². The maximum atomic E-state index is 14.1. The normalized spacial score (nSPS) is 28.4. The molecule has 3 aliphatic heterocycles. The van der Waals surface area contributed by atoms with Crippen LogP contribution in [0.4, 0.5) is 0 Å². The van der Waals surface area contributed by atoms with Crippen LogP contribution in [0.25, 0.3) is 0 Å². The van der Waals surface area contributed by atoms with Gasteiger partial charge in [-0.25, -0.2) is 20.0 Å². The fourth-order valence-corrected chi connectivity index (χ4v) is 8.16. The van der Waals surface area contributed by atoms with Crippen molar-refractivity contribution in [2.45, 2.75) is 116 Å². The summed E-state index contributed by atoms with van der Waals surface area (Å²) in [6, 6.07) is 5.18. The highest BCUT2D eigenvalue weighted by atomic mass is 32.1. The van der Waals surface area contributed by atoms with Gasteiger partial charge in [-0.05, 0) is 51.0 Å². The van der Waals surface area contributed by atoms with Crippen LogP contribution in [0.3, 0.4) is 0 Å². The summed E-state index contributed by atoms with van der Waals surface area (Å²) < 4.78 is 12.1. The van der Waals surface area contributed by atoms with Gasteiger partial charge in [0, 0.05) is 10.8 Å². The zero-order valence-corrected chi connectivity index (χ0v) is 33.1. The monoisotopic (exact) mass is 776 g/mol. The summed E-state index contributed by atoms with van der Waals surface area (Å²) in [4.78, 5) is 74.1. The number of hydrogen-bond acceptors (Lipinski definition) is 12. The summed E-state index contributed by atoms with van der Waals surface area (Å²) in [6.45, 7) is 13.2. The Balaban J connectivity index is 1.37. The average Bonchev–Trinajstić information content (AvgIpc) is 3.96. The van der Waals surface area contributed by atoms with Gasteiger partial charge >= 0.3 is 0 Å². The number of nitrogens with one attached hydrogen (secondary N) is 4. The minimum Gasteiger partial charge on any atom is -0.470 e. The smallest absolute Gasteiger partial charge is 0.249 e. The molecule has 9 atom stereocenters. The van der Waals surface area contributed by atoms with Crippen LogP contribution in [-0.4, -0.2) is 81.8 Å². The number of carbonyl (C=O) groups excluding carboxylic acids is 4. The molecule has 0 spiro atoms. The van der Waals surface area contributed by atoms with Crippen molar-refractivity contribution in [3.05, 3.63) is 68.1 Å². The summed E-state index contributed by atoms with van der Waals surface area (Å²) in [6.07, 6.45) is 0.244. The number of aromatic nitrogens is 2. The highest BCUT2D eigenvalue weighted by molar-refractivity contribution is 7.10. The first-order valence-electron chi connectivity index (χ1n) is 18.5. The fourth-order valence-electron chi connectivity index (χ4n) is 6.52. The molecule has 0 saturated heterocycles. The molecule has 4 amide bonds. The lowest BCUT2D eigenvalue weighted by atomic mass is 9.97. The van der Waals surface area contributed by atoms with Gasteiger partial charge in [-0.15, -0.1) is 22.7 Å². The van der Waals surface area contributed by atoms with E-state index >= 15 is 0 Å². The van der Waals surface area contributed by atoms with Crippen molar-refractivity contribution in [1.29, 1.82) is 0 Å². The number of hydrogen-bond donors (Lipinski definition) is 4. The van der Waals surface area contributed by atoms with Crippen LogP contribution in [0.15, 0.2) is 51.1 Å². The SMILES string of the molecule is CCC(C)[C@@H]1NC(=O)[C@H]2N=C(O[C@@H]2C)c2csc(n2)[C@@H](Cc2ccccc2)NC(=O)[C@H](CC(C)C)NC(=O)[C@H]2N=C(O[C@@H]2C)c2csc(n2)[C@@H](C)NC1=O. The van der Waals surface area contributed by atoms with Crippen LogP contribution >= 0.6 is 22.7 Å². The molecule has 4 N–H and O–H groups in total. The van der Waals surface area contributed by atoms with Gasteiger partial charge in [0.25, 0.3) is 0 Å². The number of fused-ring (bicyclic) bond motifs is 8. The van der Waals surface area contributed by atoms with Gasteiger partial charge in [-0.1, -0.05) is 64.4 Å². The van der Waals surface area contributed by atoms with Crippen molar-refractivity contribution in [2.24, 2.45) is 21.8 Å². The molecule has 1 unspecified atom stereocenters. The Hall–Kier alpha value is -4.70. The van der Waals surface area contributed by atoms with Gasteiger partial charge in [0.2, 0.25) is 35.4 Å². The maximum absolute atomic E-state index is 14.1. The quantitative estimate of drug-likeness (QED) is 0.289. The molecule has 6 rings (SSSR count). The van der Waals surface area contributed by atoms with Crippen LogP contribution in [0.2, 0.25) is 0 Å². The van der Waals surface area contributed by atoms with Crippen molar-refractivity contribution in [3.8, 4) is 0 Å². The Morgan fingerprint density at radius 3 is 1.85 bits per heavy atom. The van der Waals surface area contributed by atoms with E-state index in [4.69, 9.17) is 14.5 Å². The predicted octanol–water partition coefficient (Wildman–Crippen LogP) is 4.02. The third-order valence-electron chi connectivity index (χ3n) is 9.78. The standard InChI is InChI=1S/C38H48N8O6S2/c1-8-19(4)28-32(48)39-20(5)37-42-26(16-53-37)35-45-29(21(6)51-35)33(49)40-24(14-18(2)3)31(47)41-25(15-23-12-10-9-11-13-23)38-43-27(17-54-38)36-46-30(22(7)52-36)34(50)44-28/h9-13,16-22,24-25,28-30H,8,14-15H2,1-7H3,(H,39,48)(H,40,49)(H,41,47)(H,44,50)/t19?,20-,21-,22-,24+,25-,28+,29+,30+/m1/s1. The summed E-state index contributed by atoms with van der Waals surface area (Å²) in [7, 11) is 0. The molecular weight excluding hydrogens is 729 g/mol. The van der Waals surface area contributed by atoms with Crippen molar-refractivity contribution in [1.82, 2.24) is 31.2 Å². The molecule has 0 radical (unpaired) electrons. The number of rotatable bonds is 6. The number of ether oxygens (including phenoxy) is 2. The number of amides is 4. The summed E-state index contributed by atoms with van der Waals surface area (Å²) in [5.41, 5.74) is 1.85. The molecule has 1 aromatic carbocycles. The van der Waals surface area contributed by atoms with Crippen LogP contribution in [-0.2, 0) is 35.1 Å². The maximum Gasteiger partial charge on any atom is 0.249 e. The van der Waals surface area contributed by atoms with Gasteiger partial charge in [-0.3, -0.25) is 19.2 Å². The van der Waals surface area contributed by atoms with Crippen LogP contribution in [0.5, 0.6) is 0 Å². The molecule has 0 aliphatic carbocycles. The van der Waals surface area contributed by atoms with Gasteiger partial charge in [0.05, 0.1) is 12.1 Å². The number of nitrogens with zero attached hydrogens (tertiary/aromatic N) is 4. The molecule has 288 valence electrons. The van der Waals surface area contributed by atoms with E-state index in [2.05, 4.69) is 36.2 Å². The zero-order chi connectivity index (χ0) is 38.7. The largest absolute Gasteiger partial charge is 0.470 e. The van der Waals surface area contributed by atoms with E-state index in [9.17, 15) is 19.2 Å². The lowest BCUT2D eigenvalue weighted by Crippen LogP contribution is -2.53. The molecule has 5 heterocycles. The Bertz CT molecular complexity index is 1910. The zero-order valence-electron chi connectivity index (χ0n) is 31.5. The molecule has 3 aromatic rings. The van der Waals surface area contributed by atoms with E-state index in [0.29, 0.717) is 40.7 Å². The molecule has 2 aromatic heterocycles. The van der Waals surface area contributed by atoms with Crippen LogP contribution in [0.1, 0.15) is 100 Å². The van der Waals surface area contributed by atoms with Crippen molar-refractivity contribution < 1.29 is 28.7 Å². The van der Waals surface area contributed by atoms with Gasteiger partial charge < -0.3 is 30.7 Å². The number of benzene rings is 1. The predicted molar refractivity (Wildman–Crippen MR) is 206 cm³/mol. The number of aliphatic imine (C=N–C) groups is 2. The molecule has 0 fully saturated rings. The van der Waals surface area contributed by atoms with Crippen LogP contribution in [0, 0.1) is 11.8 Å². The van der Waals surface area contributed by atoms with Crippen molar-refractivity contribution >= 4 is 58.1 Å². The first-order chi connectivity index (χ1) is 25.8. The van der Waals surface area contributed by atoms with E-state index in [1.807, 2.05) is 65.0 Å². The Morgan fingerprint density at radius 2 is 1.26 bits per heavy atom. The highest BCUT2D eigenvalue weighted by Gasteiger charge is 2.40. The van der Waals surface area contributed by atoms with Gasteiger partial charge in [0.15, 0.2) is 12.1 Å². The molecular formula is C38H48N8O6S2.